The highest BCUT2D eigenvalue weighted by molar-refractivity contribution is 5.99. The summed E-state index contributed by atoms with van der Waals surface area (Å²) in [4.78, 5) is 14.0. The van der Waals surface area contributed by atoms with Gasteiger partial charge in [0.25, 0.3) is 0 Å². The number of rotatable bonds is 7. The van der Waals surface area contributed by atoms with Gasteiger partial charge in [0, 0.05) is 13.1 Å². The van der Waals surface area contributed by atoms with Crippen LogP contribution in [-0.2, 0) is 4.74 Å². The summed E-state index contributed by atoms with van der Waals surface area (Å²) in [5.41, 5.74) is 6.53. The first-order valence-electron chi connectivity index (χ1n) is 7.26. The normalized spacial score (nSPS) is 10.9. The second-order valence-electron chi connectivity index (χ2n) is 4.66. The van der Waals surface area contributed by atoms with Gasteiger partial charge in [-0.3, -0.25) is 0 Å². The number of methoxy groups -OCH3 is 1. The highest BCUT2D eigenvalue weighted by Crippen LogP contribution is 2.30. The summed E-state index contributed by atoms with van der Waals surface area (Å²) in [6, 6.07) is 0.197. The Morgan fingerprint density at radius 1 is 1.30 bits per heavy atom. The van der Waals surface area contributed by atoms with Gasteiger partial charge in [-0.15, -0.1) is 0 Å². The number of carbonyl (C=O) groups excluding carboxylic acids is 1. The molecule has 0 saturated heterocycles. The monoisotopic (exact) mass is 282 g/mol. The molecule has 6 nitrogen and oxygen atoms in total. The number of nitrogens with zero attached hydrogens (tertiary/aromatic N) is 3. The zero-order chi connectivity index (χ0) is 15.3. The van der Waals surface area contributed by atoms with Crippen LogP contribution in [0.4, 0.5) is 11.6 Å². The van der Waals surface area contributed by atoms with E-state index in [4.69, 9.17) is 10.5 Å². The molecule has 0 saturated carbocycles. The number of nitrogens with two attached hydrogens (primary N) is 1. The fourth-order valence-corrected chi connectivity index (χ4v) is 2.39. The van der Waals surface area contributed by atoms with Gasteiger partial charge in [-0.2, -0.15) is 5.10 Å². The predicted molar refractivity (Wildman–Crippen MR) is 81.2 cm³/mol. The van der Waals surface area contributed by atoms with E-state index < -0.39 is 5.97 Å². The molecule has 0 aromatic carbocycles. The molecule has 0 aliphatic heterocycles. The van der Waals surface area contributed by atoms with E-state index in [1.807, 2.05) is 18.7 Å². The Morgan fingerprint density at radius 3 is 2.25 bits per heavy atom. The maximum Gasteiger partial charge on any atom is 0.345 e. The molecule has 0 bridgehead atoms. The van der Waals surface area contributed by atoms with Crippen molar-refractivity contribution in [2.75, 3.05) is 30.8 Å². The third-order valence-corrected chi connectivity index (χ3v) is 3.67. The molecule has 0 aliphatic carbocycles. The highest BCUT2D eigenvalue weighted by Gasteiger charge is 2.27. The number of anilines is 2. The first kappa shape index (κ1) is 16.3. The number of nitrogen functional groups attached to an aromatic ring is 1. The smallest absolute Gasteiger partial charge is 0.345 e. The zero-order valence-corrected chi connectivity index (χ0v) is 13.1. The lowest BCUT2D eigenvalue weighted by Crippen LogP contribution is -2.24. The largest absolute Gasteiger partial charge is 0.465 e. The van der Waals surface area contributed by atoms with Crippen molar-refractivity contribution >= 4 is 17.6 Å². The molecule has 114 valence electrons. The molecule has 1 aromatic heterocycles. The molecule has 2 N–H and O–H groups in total. The molecule has 20 heavy (non-hydrogen) atoms. The number of hydrogen-bond donors (Lipinski definition) is 1. The number of esters is 1. The Labute approximate surface area is 120 Å². The van der Waals surface area contributed by atoms with Gasteiger partial charge < -0.3 is 15.4 Å². The van der Waals surface area contributed by atoms with Gasteiger partial charge in [-0.05, 0) is 26.7 Å². The molecule has 0 radical (unpaired) electrons. The molecule has 0 unspecified atom stereocenters. The summed E-state index contributed by atoms with van der Waals surface area (Å²) in [6.07, 6.45) is 1.83. The zero-order valence-electron chi connectivity index (χ0n) is 13.1. The average molecular weight is 282 g/mol. The number of hydrogen-bond acceptors (Lipinski definition) is 5. The van der Waals surface area contributed by atoms with Crippen molar-refractivity contribution in [2.24, 2.45) is 0 Å². The van der Waals surface area contributed by atoms with Crippen molar-refractivity contribution in [2.45, 2.75) is 46.6 Å². The van der Waals surface area contributed by atoms with E-state index in [1.165, 1.54) is 7.11 Å². The number of aromatic nitrogens is 2. The van der Waals surface area contributed by atoms with Gasteiger partial charge in [0.2, 0.25) is 0 Å². The molecule has 0 spiro atoms. The number of ether oxygens (including phenoxy) is 1. The highest BCUT2D eigenvalue weighted by atomic mass is 16.5. The van der Waals surface area contributed by atoms with Gasteiger partial charge in [-0.25, -0.2) is 9.48 Å². The lowest BCUT2D eigenvalue weighted by atomic mass is 10.2. The van der Waals surface area contributed by atoms with Crippen molar-refractivity contribution in [3.63, 3.8) is 0 Å². The molecular formula is C14H26N4O2. The molecule has 1 aromatic rings. The Bertz CT molecular complexity index is 448. The molecule has 1 heterocycles. The van der Waals surface area contributed by atoms with Crippen LogP contribution in [0.1, 0.15) is 56.9 Å². The van der Waals surface area contributed by atoms with Gasteiger partial charge in [0.05, 0.1) is 13.2 Å². The molecule has 0 fully saturated rings. The van der Waals surface area contributed by atoms with Crippen molar-refractivity contribution in [1.82, 2.24) is 9.78 Å². The minimum Gasteiger partial charge on any atom is -0.465 e. The SMILES string of the molecule is CCC(CC)n1nc(N(CC)CC)c(C(=O)OC)c1N. The summed E-state index contributed by atoms with van der Waals surface area (Å²) in [5, 5.41) is 4.58. The van der Waals surface area contributed by atoms with Gasteiger partial charge in [0.1, 0.15) is 11.4 Å². The molecular weight excluding hydrogens is 256 g/mol. The maximum atomic E-state index is 12.0. The van der Waals surface area contributed by atoms with E-state index in [1.54, 1.807) is 4.68 Å². The van der Waals surface area contributed by atoms with Crippen LogP contribution in [0.25, 0.3) is 0 Å². The number of carbonyl (C=O) groups is 1. The fourth-order valence-electron chi connectivity index (χ4n) is 2.39. The minimum atomic E-state index is -0.429. The Kier molecular flexibility index (Phi) is 5.85. The second-order valence-corrected chi connectivity index (χ2v) is 4.66. The predicted octanol–water partition coefficient (Wildman–Crippen LogP) is 2.46. The van der Waals surface area contributed by atoms with Gasteiger partial charge >= 0.3 is 5.97 Å². The van der Waals surface area contributed by atoms with Gasteiger partial charge in [-0.1, -0.05) is 13.8 Å². The van der Waals surface area contributed by atoms with E-state index in [9.17, 15) is 4.79 Å². The first-order valence-corrected chi connectivity index (χ1v) is 7.26. The van der Waals surface area contributed by atoms with Crippen molar-refractivity contribution in [3.8, 4) is 0 Å². The summed E-state index contributed by atoms with van der Waals surface area (Å²) >= 11 is 0. The molecule has 0 amide bonds. The summed E-state index contributed by atoms with van der Waals surface area (Å²) in [5.74, 6) is 0.584. The second kappa shape index (κ2) is 7.17. The van der Waals surface area contributed by atoms with Crippen LogP contribution in [0.15, 0.2) is 0 Å². The van der Waals surface area contributed by atoms with E-state index in [0.717, 1.165) is 25.9 Å². The van der Waals surface area contributed by atoms with Crippen molar-refractivity contribution in [1.29, 1.82) is 0 Å². The fraction of sp³-hybridized carbons (Fsp3) is 0.714. The topological polar surface area (TPSA) is 73.4 Å². The maximum absolute atomic E-state index is 12.0. The molecule has 1 rings (SSSR count). The van der Waals surface area contributed by atoms with Gasteiger partial charge in [0.15, 0.2) is 5.82 Å². The lowest BCUT2D eigenvalue weighted by molar-refractivity contribution is 0.0602. The van der Waals surface area contributed by atoms with Crippen molar-refractivity contribution in [3.05, 3.63) is 5.56 Å². The third-order valence-electron chi connectivity index (χ3n) is 3.67. The van der Waals surface area contributed by atoms with E-state index in [-0.39, 0.29) is 6.04 Å². The van der Waals surface area contributed by atoms with Crippen molar-refractivity contribution < 1.29 is 9.53 Å². The van der Waals surface area contributed by atoms with Crippen LogP contribution in [0.2, 0.25) is 0 Å². The van der Waals surface area contributed by atoms with E-state index in [0.29, 0.717) is 17.2 Å². The third kappa shape index (κ3) is 2.89. The quantitative estimate of drug-likeness (QED) is 0.778. The molecule has 0 atom stereocenters. The average Bonchev–Trinajstić information content (AvgIpc) is 2.79. The van der Waals surface area contributed by atoms with Crippen LogP contribution in [-0.4, -0.2) is 35.9 Å². The lowest BCUT2D eigenvalue weighted by Gasteiger charge is -2.19. The Morgan fingerprint density at radius 2 is 1.85 bits per heavy atom. The van der Waals surface area contributed by atoms with Crippen LogP contribution in [0.3, 0.4) is 0 Å². The standard InChI is InChI=1S/C14H26N4O2/c1-6-10(7-2)18-12(15)11(14(19)20-5)13(16-18)17(8-3)9-4/h10H,6-9,15H2,1-5H3. The minimum absolute atomic E-state index is 0.197. The molecule has 6 heteroatoms. The van der Waals surface area contributed by atoms with Crippen LogP contribution >= 0.6 is 0 Å². The summed E-state index contributed by atoms with van der Waals surface area (Å²) in [7, 11) is 1.36. The summed E-state index contributed by atoms with van der Waals surface area (Å²) in [6.45, 7) is 9.75. The summed E-state index contributed by atoms with van der Waals surface area (Å²) < 4.78 is 6.62. The Balaban J connectivity index is 3.41. The van der Waals surface area contributed by atoms with Crippen LogP contribution in [0, 0.1) is 0 Å². The molecule has 0 aliphatic rings. The van der Waals surface area contributed by atoms with Crippen LogP contribution in [0.5, 0.6) is 0 Å². The first-order chi connectivity index (χ1) is 9.55. The Hall–Kier alpha value is -1.72. The van der Waals surface area contributed by atoms with E-state index in [2.05, 4.69) is 18.9 Å². The van der Waals surface area contributed by atoms with Crippen LogP contribution < -0.4 is 10.6 Å². The van der Waals surface area contributed by atoms with E-state index >= 15 is 0 Å².